The summed E-state index contributed by atoms with van der Waals surface area (Å²) in [5.74, 6) is 2.80. The molecule has 1 saturated heterocycles. The average molecular weight is 484 g/mol. The quantitative estimate of drug-likeness (QED) is 0.370. The summed E-state index contributed by atoms with van der Waals surface area (Å²) in [4.78, 5) is 24.2. The summed E-state index contributed by atoms with van der Waals surface area (Å²) in [5, 5.41) is 17.7. The molecule has 1 aliphatic heterocycles. The third-order valence-corrected chi connectivity index (χ3v) is 6.45. The summed E-state index contributed by atoms with van der Waals surface area (Å²) in [7, 11) is 0. The van der Waals surface area contributed by atoms with E-state index >= 15 is 0 Å². The summed E-state index contributed by atoms with van der Waals surface area (Å²) in [6.07, 6.45) is 6.51. The Bertz CT molecular complexity index is 1570. The Morgan fingerprint density at radius 2 is 1.92 bits per heavy atom. The lowest BCUT2D eigenvalue weighted by molar-refractivity contribution is 0.00418. The first kappa shape index (κ1) is 22.1. The Kier molecular flexibility index (Phi) is 5.15. The van der Waals surface area contributed by atoms with E-state index in [0.717, 1.165) is 17.0 Å². The molecule has 0 saturated carbocycles. The number of hydrogen-bond donors (Lipinski definition) is 2. The number of hydrogen-bond acceptors (Lipinski definition) is 10. The predicted octanol–water partition coefficient (Wildman–Crippen LogP) is 3.51. The van der Waals surface area contributed by atoms with E-state index in [4.69, 9.17) is 9.72 Å². The number of aromatic nitrogens is 7. The molecule has 36 heavy (non-hydrogen) atoms. The highest BCUT2D eigenvalue weighted by molar-refractivity contribution is 5.87. The van der Waals surface area contributed by atoms with Crippen molar-refractivity contribution in [2.24, 2.45) is 5.92 Å². The number of nitrogens with zero attached hydrogens (tertiary/aromatic N) is 8. The summed E-state index contributed by atoms with van der Waals surface area (Å²) in [6, 6.07) is 9.51. The van der Waals surface area contributed by atoms with Crippen molar-refractivity contribution in [2.75, 3.05) is 23.3 Å². The Balaban J connectivity index is 1.22. The molecule has 1 aromatic carbocycles. The molecule has 1 fully saturated rings. The molecule has 6 rings (SSSR count). The van der Waals surface area contributed by atoms with Gasteiger partial charge in [0.05, 0.1) is 11.8 Å². The number of anilines is 3. The van der Waals surface area contributed by atoms with Crippen molar-refractivity contribution in [3.8, 4) is 11.5 Å². The van der Waals surface area contributed by atoms with Gasteiger partial charge >= 0.3 is 0 Å². The standard InChI is InChI=1S/C25H25N9O2/c1-15-8-17(4-5-20(15)36-18-6-7-34-21(9-18)28-14-30-34)31-23-22-19(27-13-29-23)10-26-24(32-22)33-11-16(12-33)25(2,3)35/h4-10,13-14,16,35H,11-12H2,1-3H3,(H,27,29,31). The van der Waals surface area contributed by atoms with E-state index in [9.17, 15) is 5.11 Å². The van der Waals surface area contributed by atoms with E-state index in [-0.39, 0.29) is 5.92 Å². The minimum absolute atomic E-state index is 0.184. The summed E-state index contributed by atoms with van der Waals surface area (Å²) < 4.78 is 7.76. The van der Waals surface area contributed by atoms with Gasteiger partial charge in [0.25, 0.3) is 0 Å². The average Bonchev–Trinajstić information content (AvgIpc) is 3.27. The molecular weight excluding hydrogens is 458 g/mol. The Morgan fingerprint density at radius 1 is 1.06 bits per heavy atom. The van der Waals surface area contributed by atoms with Crippen LogP contribution in [0.3, 0.4) is 0 Å². The summed E-state index contributed by atoms with van der Waals surface area (Å²) in [6.45, 7) is 7.06. The van der Waals surface area contributed by atoms with E-state index in [0.29, 0.717) is 47.3 Å². The minimum atomic E-state index is -0.722. The monoisotopic (exact) mass is 483 g/mol. The maximum atomic E-state index is 10.2. The molecule has 0 spiro atoms. The maximum Gasteiger partial charge on any atom is 0.226 e. The number of benzene rings is 1. The van der Waals surface area contributed by atoms with Gasteiger partial charge in [-0.3, -0.25) is 0 Å². The topological polar surface area (TPSA) is 126 Å². The van der Waals surface area contributed by atoms with Gasteiger partial charge in [0.1, 0.15) is 35.2 Å². The van der Waals surface area contributed by atoms with E-state index < -0.39 is 5.60 Å². The molecule has 0 radical (unpaired) electrons. The zero-order valence-corrected chi connectivity index (χ0v) is 20.1. The smallest absolute Gasteiger partial charge is 0.226 e. The largest absolute Gasteiger partial charge is 0.457 e. The van der Waals surface area contributed by atoms with Gasteiger partial charge in [-0.25, -0.2) is 29.4 Å². The maximum absolute atomic E-state index is 10.2. The van der Waals surface area contributed by atoms with Crippen LogP contribution in [0.1, 0.15) is 19.4 Å². The first-order valence-corrected chi connectivity index (χ1v) is 11.6. The number of rotatable bonds is 6. The molecular formula is C25H25N9O2. The fourth-order valence-corrected chi connectivity index (χ4v) is 4.14. The Morgan fingerprint density at radius 3 is 2.72 bits per heavy atom. The van der Waals surface area contributed by atoms with Crippen molar-refractivity contribution in [1.82, 2.24) is 34.5 Å². The van der Waals surface area contributed by atoms with Crippen LogP contribution < -0.4 is 15.0 Å². The minimum Gasteiger partial charge on any atom is -0.457 e. The van der Waals surface area contributed by atoms with E-state index in [1.807, 2.05) is 62.2 Å². The number of ether oxygens (including phenoxy) is 1. The first-order valence-electron chi connectivity index (χ1n) is 11.6. The van der Waals surface area contributed by atoms with Gasteiger partial charge in [0.15, 0.2) is 11.5 Å². The van der Waals surface area contributed by atoms with Crippen molar-refractivity contribution < 1.29 is 9.84 Å². The van der Waals surface area contributed by atoms with Gasteiger partial charge in [0, 0.05) is 37.0 Å². The lowest BCUT2D eigenvalue weighted by Gasteiger charge is -2.45. The molecule has 0 atom stereocenters. The molecule has 1 aliphatic rings. The van der Waals surface area contributed by atoms with Gasteiger partial charge in [-0.15, -0.1) is 0 Å². The lowest BCUT2D eigenvalue weighted by atomic mass is 9.85. The molecule has 182 valence electrons. The lowest BCUT2D eigenvalue weighted by Crippen LogP contribution is -2.56. The molecule has 0 bridgehead atoms. The third-order valence-electron chi connectivity index (χ3n) is 6.45. The molecule has 2 N–H and O–H groups in total. The van der Waals surface area contributed by atoms with Crippen LogP contribution in [-0.4, -0.2) is 58.3 Å². The molecule has 0 unspecified atom stereocenters. The van der Waals surface area contributed by atoms with Crippen molar-refractivity contribution in [3.63, 3.8) is 0 Å². The van der Waals surface area contributed by atoms with Crippen LogP contribution in [0.15, 0.2) is 55.4 Å². The van der Waals surface area contributed by atoms with Gasteiger partial charge in [-0.1, -0.05) is 0 Å². The Labute approximate surface area is 206 Å². The van der Waals surface area contributed by atoms with E-state index in [1.54, 1.807) is 10.7 Å². The van der Waals surface area contributed by atoms with Crippen molar-refractivity contribution in [2.45, 2.75) is 26.4 Å². The predicted molar refractivity (Wildman–Crippen MR) is 135 cm³/mol. The molecule has 0 amide bonds. The highest BCUT2D eigenvalue weighted by atomic mass is 16.5. The highest BCUT2D eigenvalue weighted by Gasteiger charge is 2.38. The fraction of sp³-hybridized carbons (Fsp3) is 0.280. The van der Waals surface area contributed by atoms with Crippen LogP contribution in [0, 0.1) is 12.8 Å². The third kappa shape index (κ3) is 4.13. The number of aryl methyl sites for hydroxylation is 1. The van der Waals surface area contributed by atoms with Crippen LogP contribution in [-0.2, 0) is 0 Å². The number of nitrogens with one attached hydrogen (secondary N) is 1. The first-order chi connectivity index (χ1) is 17.3. The van der Waals surface area contributed by atoms with Crippen molar-refractivity contribution in [3.05, 3.63) is 60.9 Å². The molecule has 5 heterocycles. The van der Waals surface area contributed by atoms with Gasteiger partial charge < -0.3 is 20.1 Å². The van der Waals surface area contributed by atoms with Crippen molar-refractivity contribution >= 4 is 34.1 Å². The van der Waals surface area contributed by atoms with Crippen LogP contribution >= 0.6 is 0 Å². The highest BCUT2D eigenvalue weighted by Crippen LogP contribution is 2.32. The second-order valence-electron chi connectivity index (χ2n) is 9.51. The van der Waals surface area contributed by atoms with Crippen LogP contribution in [0.25, 0.3) is 16.7 Å². The van der Waals surface area contributed by atoms with Crippen LogP contribution in [0.4, 0.5) is 17.5 Å². The zero-order valence-electron chi connectivity index (χ0n) is 20.1. The molecule has 4 aromatic heterocycles. The second kappa shape index (κ2) is 8.38. The number of pyridine rings is 1. The van der Waals surface area contributed by atoms with Gasteiger partial charge in [0.2, 0.25) is 5.95 Å². The zero-order chi connectivity index (χ0) is 24.9. The van der Waals surface area contributed by atoms with Crippen LogP contribution in [0.2, 0.25) is 0 Å². The summed E-state index contributed by atoms with van der Waals surface area (Å²) in [5.41, 5.74) is 3.08. The molecule has 11 nitrogen and oxygen atoms in total. The van der Waals surface area contributed by atoms with Crippen molar-refractivity contribution in [1.29, 1.82) is 0 Å². The SMILES string of the molecule is Cc1cc(Nc2ncnc3cnc(N4CC(C(C)(C)O)C4)nc23)ccc1Oc1ccn2ncnc2c1. The van der Waals surface area contributed by atoms with E-state index in [2.05, 4.69) is 30.4 Å². The summed E-state index contributed by atoms with van der Waals surface area (Å²) >= 11 is 0. The molecule has 0 aliphatic carbocycles. The molecule has 5 aromatic rings. The van der Waals surface area contributed by atoms with Gasteiger partial charge in [-0.05, 0) is 50.6 Å². The van der Waals surface area contributed by atoms with Gasteiger partial charge in [-0.2, -0.15) is 5.10 Å². The number of fused-ring (bicyclic) bond motifs is 2. The second-order valence-corrected chi connectivity index (χ2v) is 9.51. The van der Waals surface area contributed by atoms with E-state index in [1.165, 1.54) is 12.7 Å². The Hall–Kier alpha value is -4.38. The number of aliphatic hydroxyl groups is 1. The fourth-order valence-electron chi connectivity index (χ4n) is 4.14. The van der Waals surface area contributed by atoms with Crippen LogP contribution in [0.5, 0.6) is 11.5 Å². The molecule has 11 heteroatoms. The normalized spacial score (nSPS) is 14.3.